The number of amides is 2. The van der Waals surface area contributed by atoms with Gasteiger partial charge in [-0.25, -0.2) is 4.68 Å². The van der Waals surface area contributed by atoms with Crippen LogP contribution in [0, 0.1) is 0 Å². The molecule has 6 rings (SSSR count). The molecule has 1 fully saturated rings. The first-order valence-electron chi connectivity index (χ1n) is 14.9. The second kappa shape index (κ2) is 14.6. The first-order chi connectivity index (χ1) is 23.0. The summed E-state index contributed by atoms with van der Waals surface area (Å²) in [5.41, 5.74) is 3.80. The van der Waals surface area contributed by atoms with Gasteiger partial charge in [-0.05, 0) is 79.7 Å². The molecule has 1 aliphatic rings. The number of anilines is 1. The van der Waals surface area contributed by atoms with Crippen LogP contribution in [0.1, 0.15) is 24.7 Å². The molecule has 11 nitrogen and oxygen atoms in total. The van der Waals surface area contributed by atoms with Gasteiger partial charge in [-0.1, -0.05) is 30.0 Å². The predicted molar refractivity (Wildman–Crippen MR) is 182 cm³/mol. The lowest BCUT2D eigenvalue weighted by molar-refractivity contribution is -0.128. The van der Waals surface area contributed by atoms with Crippen molar-refractivity contribution in [1.82, 2.24) is 14.7 Å². The van der Waals surface area contributed by atoms with Crippen molar-refractivity contribution in [2.75, 3.05) is 19.0 Å². The predicted octanol–water partition coefficient (Wildman–Crippen LogP) is 6.40. The summed E-state index contributed by atoms with van der Waals surface area (Å²) in [6.07, 6.45) is 4.99. The maximum Gasteiger partial charge on any atom is 0.243 e. The maximum absolute atomic E-state index is 13.5. The van der Waals surface area contributed by atoms with Crippen LogP contribution in [0.2, 0.25) is 0 Å². The SMILES string of the molecule is CCOc1ccc(NC(=O)CC2S/C(=N\N=C\c3cn(-c4ccccc4)nc3-c3ccc(OC)cc3)N(Cc3ccco3)C2=O)cc1. The molecule has 2 aromatic heterocycles. The van der Waals surface area contributed by atoms with Crippen LogP contribution in [0.3, 0.4) is 0 Å². The molecule has 238 valence electrons. The molecule has 3 aromatic carbocycles. The lowest BCUT2D eigenvalue weighted by Crippen LogP contribution is -2.33. The summed E-state index contributed by atoms with van der Waals surface area (Å²) in [5, 5.41) is 16.2. The minimum atomic E-state index is -0.683. The smallest absolute Gasteiger partial charge is 0.243 e. The van der Waals surface area contributed by atoms with E-state index in [1.54, 1.807) is 60.7 Å². The molecule has 3 heterocycles. The van der Waals surface area contributed by atoms with Gasteiger partial charge in [0.1, 0.15) is 28.2 Å². The Morgan fingerprint density at radius 3 is 2.49 bits per heavy atom. The first kappa shape index (κ1) is 31.4. The van der Waals surface area contributed by atoms with Crippen molar-refractivity contribution in [3.05, 3.63) is 115 Å². The van der Waals surface area contributed by atoms with E-state index in [4.69, 9.17) is 19.0 Å². The van der Waals surface area contributed by atoms with Gasteiger partial charge >= 0.3 is 0 Å². The van der Waals surface area contributed by atoms with Gasteiger partial charge in [0.25, 0.3) is 0 Å². The summed E-state index contributed by atoms with van der Waals surface area (Å²) in [7, 11) is 1.62. The largest absolute Gasteiger partial charge is 0.497 e. The number of benzene rings is 3. The number of amidine groups is 1. The first-order valence-corrected chi connectivity index (χ1v) is 15.8. The lowest BCUT2D eigenvalue weighted by Gasteiger charge is -2.14. The average molecular weight is 649 g/mol. The number of nitrogens with zero attached hydrogens (tertiary/aromatic N) is 5. The third kappa shape index (κ3) is 7.61. The Hall–Kier alpha value is -5.62. The van der Waals surface area contributed by atoms with Crippen molar-refractivity contribution in [2.45, 2.75) is 25.1 Å². The number of hydrogen-bond acceptors (Lipinski definition) is 9. The second-order valence-electron chi connectivity index (χ2n) is 10.4. The van der Waals surface area contributed by atoms with Crippen LogP contribution in [0.5, 0.6) is 11.5 Å². The molecule has 2 amide bonds. The number of nitrogens with one attached hydrogen (secondary N) is 1. The van der Waals surface area contributed by atoms with E-state index in [2.05, 4.69) is 15.5 Å². The topological polar surface area (TPSA) is 124 Å². The van der Waals surface area contributed by atoms with Crippen LogP contribution in [-0.4, -0.2) is 56.8 Å². The zero-order valence-corrected chi connectivity index (χ0v) is 26.6. The van der Waals surface area contributed by atoms with Crippen molar-refractivity contribution in [1.29, 1.82) is 0 Å². The lowest BCUT2D eigenvalue weighted by atomic mass is 10.1. The second-order valence-corrected chi connectivity index (χ2v) is 11.6. The molecule has 1 unspecified atom stereocenters. The number of hydrogen-bond donors (Lipinski definition) is 1. The quantitative estimate of drug-likeness (QED) is 0.123. The number of thioether (sulfide) groups is 1. The van der Waals surface area contributed by atoms with Crippen molar-refractivity contribution in [2.24, 2.45) is 10.2 Å². The van der Waals surface area contributed by atoms with Gasteiger partial charge in [0.15, 0.2) is 5.17 Å². The molecule has 1 saturated heterocycles. The highest BCUT2D eigenvalue weighted by molar-refractivity contribution is 8.15. The van der Waals surface area contributed by atoms with E-state index >= 15 is 0 Å². The van der Waals surface area contributed by atoms with E-state index in [9.17, 15) is 9.59 Å². The minimum Gasteiger partial charge on any atom is -0.497 e. The van der Waals surface area contributed by atoms with Crippen LogP contribution in [0.4, 0.5) is 5.69 Å². The van der Waals surface area contributed by atoms with Crippen LogP contribution < -0.4 is 14.8 Å². The summed E-state index contributed by atoms with van der Waals surface area (Å²) in [5.74, 6) is 1.49. The number of methoxy groups -OCH3 is 1. The summed E-state index contributed by atoms with van der Waals surface area (Å²) < 4.78 is 18.1. The highest BCUT2D eigenvalue weighted by atomic mass is 32.2. The van der Waals surface area contributed by atoms with Crippen molar-refractivity contribution in [3.63, 3.8) is 0 Å². The summed E-state index contributed by atoms with van der Waals surface area (Å²) in [6, 6.07) is 28.0. The fourth-order valence-electron chi connectivity index (χ4n) is 4.91. The maximum atomic E-state index is 13.5. The van der Waals surface area contributed by atoms with E-state index in [0.717, 1.165) is 22.6 Å². The fraction of sp³-hybridized carbons (Fsp3) is 0.171. The molecule has 12 heteroatoms. The average Bonchev–Trinajstić information content (AvgIpc) is 3.84. The van der Waals surface area contributed by atoms with Gasteiger partial charge in [-0.15, -0.1) is 5.10 Å². The molecule has 0 bridgehead atoms. The number of para-hydroxylation sites is 1. The molecule has 1 N–H and O–H groups in total. The molecule has 1 aliphatic heterocycles. The number of furan rings is 1. The van der Waals surface area contributed by atoms with Crippen molar-refractivity contribution < 1.29 is 23.5 Å². The summed E-state index contributed by atoms with van der Waals surface area (Å²) in [6.45, 7) is 2.62. The monoisotopic (exact) mass is 648 g/mol. The number of aromatic nitrogens is 2. The summed E-state index contributed by atoms with van der Waals surface area (Å²) in [4.78, 5) is 28.0. The third-order valence-corrected chi connectivity index (χ3v) is 8.37. The Labute approximate surface area is 275 Å². The summed E-state index contributed by atoms with van der Waals surface area (Å²) >= 11 is 1.19. The molecular formula is C35H32N6O5S. The van der Waals surface area contributed by atoms with E-state index in [-0.39, 0.29) is 24.8 Å². The Kier molecular flexibility index (Phi) is 9.78. The van der Waals surface area contributed by atoms with Crippen LogP contribution >= 0.6 is 11.8 Å². The van der Waals surface area contributed by atoms with E-state index in [1.165, 1.54) is 16.7 Å². The molecule has 1 atom stereocenters. The molecule has 47 heavy (non-hydrogen) atoms. The van der Waals surface area contributed by atoms with Crippen LogP contribution in [0.15, 0.2) is 118 Å². The molecule has 0 aliphatic carbocycles. The van der Waals surface area contributed by atoms with Crippen molar-refractivity contribution in [3.8, 4) is 28.4 Å². The normalized spacial score (nSPS) is 15.4. The van der Waals surface area contributed by atoms with Crippen molar-refractivity contribution >= 4 is 40.6 Å². The fourth-order valence-corrected chi connectivity index (χ4v) is 6.00. The molecule has 0 spiro atoms. The molecule has 0 saturated carbocycles. The highest BCUT2D eigenvalue weighted by Gasteiger charge is 2.39. The Bertz CT molecular complexity index is 1870. The Morgan fingerprint density at radius 2 is 1.79 bits per heavy atom. The van der Waals surface area contributed by atoms with Gasteiger partial charge in [-0.3, -0.25) is 14.5 Å². The van der Waals surface area contributed by atoms with Gasteiger partial charge in [-0.2, -0.15) is 10.2 Å². The van der Waals surface area contributed by atoms with Crippen LogP contribution in [0.25, 0.3) is 16.9 Å². The van der Waals surface area contributed by atoms with Gasteiger partial charge < -0.3 is 19.2 Å². The van der Waals surface area contributed by atoms with E-state index in [0.29, 0.717) is 34.7 Å². The van der Waals surface area contributed by atoms with Gasteiger partial charge in [0.05, 0.1) is 38.4 Å². The standard InChI is InChI=1S/C35H32N6O5S/c1-3-45-29-17-13-26(14-18-29)37-32(42)20-31-34(43)40(23-30-10-7-19-46-30)35(47-31)38-36-21-25-22-41(27-8-5-4-6-9-27)39-33(25)24-11-15-28(44-2)16-12-24/h4-19,21-22,31H,3,20,23H2,1-2H3,(H,37,42)/b36-21+,38-35-. The number of rotatable bonds is 12. The number of ether oxygens (including phenoxy) is 2. The number of carbonyl (C=O) groups is 2. The van der Waals surface area contributed by atoms with E-state index < -0.39 is 5.25 Å². The zero-order chi connectivity index (χ0) is 32.6. The number of carbonyl (C=O) groups excluding carboxylic acids is 2. The Balaban J connectivity index is 1.24. The third-order valence-electron chi connectivity index (χ3n) is 7.20. The van der Waals surface area contributed by atoms with E-state index in [1.807, 2.05) is 67.7 Å². The van der Waals surface area contributed by atoms with Gasteiger partial charge in [0, 0.05) is 29.4 Å². The Morgan fingerprint density at radius 1 is 1.02 bits per heavy atom. The van der Waals surface area contributed by atoms with Gasteiger partial charge in [0.2, 0.25) is 11.8 Å². The van der Waals surface area contributed by atoms with Crippen LogP contribution in [-0.2, 0) is 16.1 Å². The molecule has 0 radical (unpaired) electrons. The molecule has 5 aromatic rings. The highest BCUT2D eigenvalue weighted by Crippen LogP contribution is 2.32. The minimum absolute atomic E-state index is 0.0421. The zero-order valence-electron chi connectivity index (χ0n) is 25.8. The molecular weight excluding hydrogens is 616 g/mol.